The van der Waals surface area contributed by atoms with Crippen LogP contribution in [0.3, 0.4) is 0 Å². The van der Waals surface area contributed by atoms with Gasteiger partial charge < -0.3 is 9.47 Å². The van der Waals surface area contributed by atoms with Crippen LogP contribution in [0.25, 0.3) is 0 Å². The molecule has 0 amide bonds. The lowest BCUT2D eigenvalue weighted by molar-refractivity contribution is -0.175. The van der Waals surface area contributed by atoms with Crippen molar-refractivity contribution in [2.75, 3.05) is 12.4 Å². The molecule has 5 rings (SSSR count). The first kappa shape index (κ1) is 29.2. The van der Waals surface area contributed by atoms with E-state index < -0.39 is 15.4 Å². The van der Waals surface area contributed by atoms with E-state index in [4.69, 9.17) is 9.47 Å². The van der Waals surface area contributed by atoms with Gasteiger partial charge in [0.1, 0.15) is 13.4 Å². The van der Waals surface area contributed by atoms with Crippen LogP contribution in [0.1, 0.15) is 122 Å². The van der Waals surface area contributed by atoms with Gasteiger partial charge in [-0.15, -0.1) is 0 Å². The minimum Gasteiger partial charge on any atom is -0.460 e. The van der Waals surface area contributed by atoms with Crippen molar-refractivity contribution >= 4 is 23.7 Å². The molecule has 3 aliphatic carbocycles. The van der Waals surface area contributed by atoms with E-state index in [1.165, 1.54) is 18.4 Å². The number of sulfone groups is 1. The molecule has 3 fully saturated rings. The van der Waals surface area contributed by atoms with E-state index in [0.717, 1.165) is 89.2 Å². The van der Waals surface area contributed by atoms with Crippen LogP contribution in [0.5, 0.6) is 0 Å². The average Bonchev–Trinajstić information content (AvgIpc) is 3.09. The van der Waals surface area contributed by atoms with Crippen molar-refractivity contribution in [1.82, 2.24) is 0 Å². The molecule has 216 valence electrons. The number of carbonyl (C=O) groups excluding carboxylic acids is 1. The van der Waals surface area contributed by atoms with E-state index in [1.54, 1.807) is 0 Å². The van der Waals surface area contributed by atoms with Crippen LogP contribution in [-0.2, 0) is 35.8 Å². The number of hydrogen-bond donors (Lipinski definition) is 0. The first-order chi connectivity index (χ1) is 18.3. The summed E-state index contributed by atoms with van der Waals surface area (Å²) in [5.41, 5.74) is 1.58. The monoisotopic (exact) mass is 556 g/mol. The predicted molar refractivity (Wildman–Crippen MR) is 158 cm³/mol. The lowest BCUT2D eigenvalue weighted by Crippen LogP contribution is -2.45. The number of ether oxygens (including phenoxy) is 2. The molecule has 1 heterocycles. The van der Waals surface area contributed by atoms with Crippen molar-refractivity contribution in [3.05, 3.63) is 29.3 Å². The quantitative estimate of drug-likeness (QED) is 0.326. The van der Waals surface area contributed by atoms with Gasteiger partial charge in [-0.3, -0.25) is 4.79 Å². The molecule has 0 saturated heterocycles. The highest BCUT2D eigenvalue weighted by atomic mass is 32.2. The zero-order valence-corrected chi connectivity index (χ0v) is 25.6. The molecule has 0 aromatic heterocycles. The van der Waals surface area contributed by atoms with Gasteiger partial charge in [-0.1, -0.05) is 50.7 Å². The van der Waals surface area contributed by atoms with Crippen LogP contribution in [0.4, 0.5) is 0 Å². The molecule has 39 heavy (non-hydrogen) atoms. The van der Waals surface area contributed by atoms with Crippen LogP contribution in [0.2, 0.25) is 0 Å². The van der Waals surface area contributed by atoms with Gasteiger partial charge in [0, 0.05) is 0 Å². The summed E-state index contributed by atoms with van der Waals surface area (Å²) in [5.74, 6) is 0.264. The maximum atomic E-state index is 13.4. The van der Waals surface area contributed by atoms with Crippen LogP contribution >= 0.6 is 0 Å². The standard InChI is InChI=1S/C32H49BO5S/c1-29(2,3)38-28(34)31-16-7-6-14-30(22-31,15-8-17-31)23-37-26-9-4-5-18-32(33,19-12-26)25-10-11-27-24(21-25)13-20-39(27,35)36/h10-11,21,26H,4-9,12-20,22-23,33H2,1-3H3. The van der Waals surface area contributed by atoms with Gasteiger partial charge >= 0.3 is 5.97 Å². The Bertz CT molecular complexity index is 1170. The van der Waals surface area contributed by atoms with Crippen molar-refractivity contribution in [2.24, 2.45) is 10.8 Å². The molecule has 0 radical (unpaired) electrons. The molecule has 1 aliphatic heterocycles. The topological polar surface area (TPSA) is 69.7 Å². The maximum Gasteiger partial charge on any atom is 0.312 e. The first-order valence-electron chi connectivity index (χ1n) is 15.6. The van der Waals surface area contributed by atoms with Crippen molar-refractivity contribution in [3.63, 3.8) is 0 Å². The summed E-state index contributed by atoms with van der Waals surface area (Å²) in [6, 6.07) is 6.11. The highest BCUT2D eigenvalue weighted by Gasteiger charge is 2.52. The Balaban J connectivity index is 1.26. The van der Waals surface area contributed by atoms with E-state index in [-0.39, 0.29) is 34.0 Å². The second kappa shape index (κ2) is 10.8. The molecule has 1 aromatic carbocycles. The van der Waals surface area contributed by atoms with Crippen molar-refractivity contribution in [3.8, 4) is 0 Å². The smallest absolute Gasteiger partial charge is 0.312 e. The van der Waals surface area contributed by atoms with Gasteiger partial charge in [0.2, 0.25) is 0 Å². The second-order valence-corrected chi connectivity index (χ2v) is 16.8. The summed E-state index contributed by atoms with van der Waals surface area (Å²) in [6.45, 7) is 6.69. The third-order valence-corrected chi connectivity index (χ3v) is 12.2. The number of aryl methyl sites for hydroxylation is 1. The molecule has 2 bridgehead atoms. The molecule has 5 nitrogen and oxygen atoms in total. The Morgan fingerprint density at radius 3 is 2.49 bits per heavy atom. The summed E-state index contributed by atoms with van der Waals surface area (Å²) >= 11 is 0. The molecule has 0 N–H and O–H groups in total. The predicted octanol–water partition coefficient (Wildman–Crippen LogP) is 6.05. The van der Waals surface area contributed by atoms with Gasteiger partial charge in [0.25, 0.3) is 0 Å². The summed E-state index contributed by atoms with van der Waals surface area (Å²) < 4.78 is 37.5. The van der Waals surface area contributed by atoms with Crippen molar-refractivity contribution in [2.45, 2.75) is 139 Å². The number of esters is 1. The molecular weight excluding hydrogens is 507 g/mol. The number of carbonyl (C=O) groups is 1. The number of fused-ring (bicyclic) bond motifs is 3. The first-order valence-corrected chi connectivity index (χ1v) is 17.2. The Morgan fingerprint density at radius 1 is 0.974 bits per heavy atom. The minimum absolute atomic E-state index is 0.0184. The minimum atomic E-state index is -3.09. The Labute approximate surface area is 237 Å². The summed E-state index contributed by atoms with van der Waals surface area (Å²) in [5, 5.41) is 0.0424. The molecular formula is C32H49BO5S. The third kappa shape index (κ3) is 6.29. The van der Waals surface area contributed by atoms with E-state index in [1.807, 2.05) is 26.8 Å². The van der Waals surface area contributed by atoms with E-state index in [0.29, 0.717) is 11.3 Å². The van der Waals surface area contributed by atoms with Gasteiger partial charge in [-0.25, -0.2) is 8.42 Å². The highest BCUT2D eigenvalue weighted by molar-refractivity contribution is 7.91. The Kier molecular flexibility index (Phi) is 8.09. The third-order valence-electron chi connectivity index (χ3n) is 10.4. The van der Waals surface area contributed by atoms with Gasteiger partial charge in [0.05, 0.1) is 28.8 Å². The fraction of sp³-hybridized carbons (Fsp3) is 0.781. The molecule has 4 unspecified atom stereocenters. The number of benzene rings is 1. The SMILES string of the molecule is BC1(c2ccc3c(c2)CCS3(=O)=O)CCCCC(OCC23CCCCC(C(=O)OC(C)(C)C)(CCC2)C3)CC1. The Hall–Kier alpha value is -1.34. The summed E-state index contributed by atoms with van der Waals surface area (Å²) in [6.07, 6.45) is 16.0. The summed E-state index contributed by atoms with van der Waals surface area (Å²) in [7, 11) is -0.729. The molecule has 4 aliphatic rings. The zero-order valence-electron chi connectivity index (χ0n) is 24.8. The van der Waals surface area contributed by atoms with Crippen molar-refractivity contribution in [1.29, 1.82) is 0 Å². The largest absolute Gasteiger partial charge is 0.460 e. The molecule has 0 spiro atoms. The molecule has 4 atom stereocenters. The Morgan fingerprint density at radius 2 is 1.69 bits per heavy atom. The van der Waals surface area contributed by atoms with Crippen LogP contribution in [0, 0.1) is 10.8 Å². The normalized spacial score (nSPS) is 34.8. The summed E-state index contributed by atoms with van der Waals surface area (Å²) in [4.78, 5) is 14.0. The maximum absolute atomic E-state index is 13.4. The highest BCUT2D eigenvalue weighted by Crippen LogP contribution is 2.55. The van der Waals surface area contributed by atoms with Gasteiger partial charge in [-0.2, -0.15) is 0 Å². The average molecular weight is 557 g/mol. The molecule has 1 aromatic rings. The van der Waals surface area contributed by atoms with Gasteiger partial charge in [0.15, 0.2) is 9.84 Å². The van der Waals surface area contributed by atoms with Gasteiger partial charge in [-0.05, 0) is 106 Å². The van der Waals surface area contributed by atoms with E-state index >= 15 is 0 Å². The van der Waals surface area contributed by atoms with E-state index in [2.05, 4.69) is 20.0 Å². The molecule has 7 heteroatoms. The molecule has 3 saturated carbocycles. The fourth-order valence-electron chi connectivity index (χ4n) is 8.14. The lowest BCUT2D eigenvalue weighted by Gasteiger charge is -2.46. The zero-order chi connectivity index (χ0) is 27.9. The van der Waals surface area contributed by atoms with Crippen LogP contribution in [0.15, 0.2) is 23.1 Å². The lowest BCUT2D eigenvalue weighted by atomic mass is 9.58. The second-order valence-electron chi connectivity index (χ2n) is 14.7. The van der Waals surface area contributed by atoms with E-state index in [9.17, 15) is 13.2 Å². The van der Waals surface area contributed by atoms with Crippen LogP contribution in [-0.4, -0.2) is 46.3 Å². The number of hydrogen-bond acceptors (Lipinski definition) is 5. The fourth-order valence-corrected chi connectivity index (χ4v) is 9.68. The number of rotatable bonds is 5. The van der Waals surface area contributed by atoms with Crippen molar-refractivity contribution < 1.29 is 22.7 Å². The van der Waals surface area contributed by atoms with Crippen LogP contribution < -0.4 is 0 Å².